The van der Waals surface area contributed by atoms with Gasteiger partial charge in [-0.15, -0.1) is 23.2 Å². The van der Waals surface area contributed by atoms with Crippen molar-refractivity contribution in [1.82, 2.24) is 0 Å². The van der Waals surface area contributed by atoms with Gasteiger partial charge in [0.25, 0.3) is 0 Å². The van der Waals surface area contributed by atoms with E-state index in [4.69, 9.17) is 32.7 Å². The first kappa shape index (κ1) is 15.9. The van der Waals surface area contributed by atoms with E-state index >= 15 is 0 Å². The maximum atomic E-state index is 5.84. The van der Waals surface area contributed by atoms with Crippen molar-refractivity contribution in [2.45, 2.75) is 19.8 Å². The van der Waals surface area contributed by atoms with Gasteiger partial charge in [-0.1, -0.05) is 5.57 Å². The third kappa shape index (κ3) is 4.83. The zero-order chi connectivity index (χ0) is 13.4. The third-order valence-electron chi connectivity index (χ3n) is 2.91. The summed E-state index contributed by atoms with van der Waals surface area (Å²) in [6.07, 6.45) is 7.21. The Kier molecular flexibility index (Phi) is 7.80. The zero-order valence-electron chi connectivity index (χ0n) is 11.0. The lowest BCUT2D eigenvalue weighted by Gasteiger charge is -2.25. The average molecular weight is 291 g/mol. The van der Waals surface area contributed by atoms with Gasteiger partial charge in [0.1, 0.15) is 12.4 Å². The summed E-state index contributed by atoms with van der Waals surface area (Å²) in [6, 6.07) is 0. The van der Waals surface area contributed by atoms with Gasteiger partial charge in [-0.3, -0.25) is 0 Å². The fourth-order valence-corrected chi connectivity index (χ4v) is 2.30. The molecule has 4 heteroatoms. The van der Waals surface area contributed by atoms with E-state index < -0.39 is 0 Å². The van der Waals surface area contributed by atoms with Crippen LogP contribution in [0.5, 0.6) is 0 Å². The van der Waals surface area contributed by atoms with Crippen LogP contribution in [-0.4, -0.2) is 32.1 Å². The normalized spacial score (nSPS) is 20.0. The van der Waals surface area contributed by atoms with Crippen LogP contribution < -0.4 is 0 Å². The highest BCUT2D eigenvalue weighted by atomic mass is 35.5. The summed E-state index contributed by atoms with van der Waals surface area (Å²) in [5, 5.41) is 0. The number of hydrogen-bond acceptors (Lipinski definition) is 2. The Labute approximate surface area is 120 Å². The van der Waals surface area contributed by atoms with E-state index in [1.807, 2.05) is 0 Å². The van der Waals surface area contributed by atoms with Crippen molar-refractivity contribution in [2.24, 2.45) is 5.92 Å². The summed E-state index contributed by atoms with van der Waals surface area (Å²) in [5.41, 5.74) is 2.29. The highest BCUT2D eigenvalue weighted by Gasteiger charge is 2.22. The average Bonchev–Trinajstić information content (AvgIpc) is 2.35. The van der Waals surface area contributed by atoms with Crippen LogP contribution in [0, 0.1) is 18.4 Å². The molecular weight excluding hydrogens is 271 g/mol. The molecule has 0 aromatic carbocycles. The second-order valence-corrected chi connectivity index (χ2v) is 4.95. The van der Waals surface area contributed by atoms with Gasteiger partial charge in [0, 0.05) is 24.9 Å². The van der Waals surface area contributed by atoms with Crippen molar-refractivity contribution in [3.8, 4) is 0 Å². The van der Waals surface area contributed by atoms with Crippen LogP contribution in [0.25, 0.3) is 0 Å². The number of rotatable bonds is 8. The molecule has 2 nitrogen and oxygen atoms in total. The zero-order valence-corrected chi connectivity index (χ0v) is 12.5. The molecule has 1 unspecified atom stereocenters. The maximum absolute atomic E-state index is 5.84. The van der Waals surface area contributed by atoms with Gasteiger partial charge < -0.3 is 9.47 Å². The summed E-state index contributed by atoms with van der Waals surface area (Å²) in [7, 11) is 1.66. The van der Waals surface area contributed by atoms with Crippen LogP contribution >= 0.6 is 23.2 Å². The smallest absolute Gasteiger partial charge is 0.126 e. The van der Waals surface area contributed by atoms with Crippen LogP contribution in [0.15, 0.2) is 16.9 Å². The number of hydrogen-bond donors (Lipinski definition) is 0. The molecule has 0 saturated carbocycles. The molecule has 0 heterocycles. The highest BCUT2D eigenvalue weighted by Crippen LogP contribution is 2.32. The second-order valence-electron chi connectivity index (χ2n) is 4.19. The highest BCUT2D eigenvalue weighted by molar-refractivity contribution is 6.18. The molecule has 1 aliphatic carbocycles. The van der Waals surface area contributed by atoms with Crippen molar-refractivity contribution in [3.05, 3.63) is 29.4 Å². The van der Waals surface area contributed by atoms with E-state index in [9.17, 15) is 0 Å². The van der Waals surface area contributed by atoms with Crippen LogP contribution in [0.3, 0.4) is 0 Å². The molecule has 0 fully saturated rings. The molecule has 2 radical (unpaired) electrons. The van der Waals surface area contributed by atoms with Gasteiger partial charge in [0.05, 0.1) is 6.61 Å². The summed E-state index contributed by atoms with van der Waals surface area (Å²) in [5.74, 6) is 2.39. The van der Waals surface area contributed by atoms with Gasteiger partial charge in [-0.05, 0) is 37.7 Å². The third-order valence-corrected chi connectivity index (χ3v) is 3.32. The molecule has 0 saturated heterocycles. The molecule has 1 rings (SSSR count). The molecule has 102 valence electrons. The topological polar surface area (TPSA) is 18.5 Å². The Morgan fingerprint density at radius 1 is 1.28 bits per heavy atom. The molecular formula is C14H20Cl2O2. The fourth-order valence-electron chi connectivity index (χ4n) is 1.86. The van der Waals surface area contributed by atoms with Crippen molar-refractivity contribution in [1.29, 1.82) is 0 Å². The van der Waals surface area contributed by atoms with Crippen molar-refractivity contribution < 1.29 is 9.47 Å². The summed E-state index contributed by atoms with van der Waals surface area (Å²) in [6.45, 7) is 3.19. The van der Waals surface area contributed by atoms with E-state index in [2.05, 4.69) is 19.4 Å². The van der Waals surface area contributed by atoms with Crippen LogP contribution in [0.2, 0.25) is 0 Å². The summed E-state index contributed by atoms with van der Waals surface area (Å²) < 4.78 is 10.7. The lowest BCUT2D eigenvalue weighted by molar-refractivity contribution is 0.111. The Bertz CT molecular complexity index is 311. The van der Waals surface area contributed by atoms with Crippen molar-refractivity contribution in [2.75, 3.05) is 32.1 Å². The Morgan fingerprint density at radius 2 is 2.06 bits per heavy atom. The molecule has 0 amide bonds. The van der Waals surface area contributed by atoms with Crippen molar-refractivity contribution in [3.63, 3.8) is 0 Å². The van der Waals surface area contributed by atoms with Crippen LogP contribution in [0.1, 0.15) is 19.8 Å². The van der Waals surface area contributed by atoms with Crippen LogP contribution in [0.4, 0.5) is 0 Å². The molecule has 0 spiro atoms. The SMILES string of the molecule is COCCOC1=C(C)C(CCCl)[CH]C(CCCl)=[C]1. The van der Waals surface area contributed by atoms with E-state index in [0.717, 1.165) is 24.2 Å². The maximum Gasteiger partial charge on any atom is 0.126 e. The minimum absolute atomic E-state index is 0.333. The first-order valence-corrected chi connectivity index (χ1v) is 7.22. The van der Waals surface area contributed by atoms with E-state index in [1.165, 1.54) is 5.57 Å². The van der Waals surface area contributed by atoms with E-state index in [-0.39, 0.29) is 0 Å². The fraction of sp³-hybridized carbons (Fsp3) is 0.643. The Morgan fingerprint density at radius 3 is 2.67 bits per heavy atom. The van der Waals surface area contributed by atoms with Gasteiger partial charge >= 0.3 is 0 Å². The number of ether oxygens (including phenoxy) is 2. The molecule has 0 bridgehead atoms. The largest absolute Gasteiger partial charge is 0.491 e. The van der Waals surface area contributed by atoms with E-state index in [1.54, 1.807) is 7.11 Å². The molecule has 1 aliphatic rings. The predicted molar refractivity (Wildman–Crippen MR) is 75.7 cm³/mol. The number of alkyl halides is 2. The summed E-state index contributed by atoms with van der Waals surface area (Å²) in [4.78, 5) is 0. The second kappa shape index (κ2) is 8.84. The van der Waals surface area contributed by atoms with Gasteiger partial charge in [0.2, 0.25) is 0 Å². The van der Waals surface area contributed by atoms with Gasteiger partial charge in [-0.25, -0.2) is 0 Å². The molecule has 1 atom stereocenters. The number of allylic oxidation sites excluding steroid dienone is 3. The Hall–Kier alpha value is -0.180. The number of halogens is 2. The van der Waals surface area contributed by atoms with Gasteiger partial charge in [-0.2, -0.15) is 0 Å². The minimum Gasteiger partial charge on any atom is -0.491 e. The Balaban J connectivity index is 2.73. The predicted octanol–water partition coefficient (Wildman–Crippen LogP) is 3.74. The number of methoxy groups -OCH3 is 1. The quantitative estimate of drug-likeness (QED) is 0.501. The minimum atomic E-state index is 0.333. The van der Waals surface area contributed by atoms with E-state index in [0.29, 0.717) is 30.9 Å². The molecule has 0 aliphatic heterocycles. The first-order valence-electron chi connectivity index (χ1n) is 6.15. The lowest BCUT2D eigenvalue weighted by Crippen LogP contribution is -2.15. The molecule has 0 aromatic rings. The van der Waals surface area contributed by atoms with Gasteiger partial charge in [0.15, 0.2) is 0 Å². The molecule has 0 N–H and O–H groups in total. The molecule has 18 heavy (non-hydrogen) atoms. The first-order chi connectivity index (χ1) is 8.72. The standard InChI is InChI=1S/C14H20Cl2O2/c1-11-13(4-6-16)9-12(3-5-15)10-14(11)18-8-7-17-2/h9,13H,3-8H2,1-2H3. The molecule has 0 aromatic heterocycles. The monoisotopic (exact) mass is 290 g/mol. The van der Waals surface area contributed by atoms with Crippen molar-refractivity contribution >= 4 is 23.2 Å². The summed E-state index contributed by atoms with van der Waals surface area (Å²) >= 11 is 11.6. The lowest BCUT2D eigenvalue weighted by atomic mass is 9.84. The van der Waals surface area contributed by atoms with Crippen LogP contribution in [-0.2, 0) is 9.47 Å².